The molecule has 0 radical (unpaired) electrons. The third-order valence-electron chi connectivity index (χ3n) is 3.73. The SMILES string of the molecule is CCCNC1CCC(N(C)CCS(N)(=O)=O)CC1. The number of rotatable bonds is 7. The van der Waals surface area contributed by atoms with E-state index < -0.39 is 10.0 Å². The Bertz CT molecular complexity index is 324. The Balaban J connectivity index is 2.25. The van der Waals surface area contributed by atoms with Crippen LogP contribution in [-0.4, -0.2) is 51.3 Å². The van der Waals surface area contributed by atoms with Crippen molar-refractivity contribution in [3.05, 3.63) is 0 Å². The second-order valence-electron chi connectivity index (χ2n) is 5.31. The largest absolute Gasteiger partial charge is 0.314 e. The van der Waals surface area contributed by atoms with Gasteiger partial charge in [0, 0.05) is 18.6 Å². The summed E-state index contributed by atoms with van der Waals surface area (Å²) in [5, 5.41) is 8.58. The lowest BCUT2D eigenvalue weighted by Gasteiger charge is -2.34. The van der Waals surface area contributed by atoms with Crippen molar-refractivity contribution in [3.8, 4) is 0 Å². The van der Waals surface area contributed by atoms with Crippen LogP contribution in [0.15, 0.2) is 0 Å². The molecule has 5 nitrogen and oxygen atoms in total. The summed E-state index contributed by atoms with van der Waals surface area (Å²) in [6.45, 7) is 3.81. The zero-order valence-corrected chi connectivity index (χ0v) is 12.4. The predicted molar refractivity (Wildman–Crippen MR) is 74.9 cm³/mol. The van der Waals surface area contributed by atoms with Crippen LogP contribution < -0.4 is 10.5 Å². The van der Waals surface area contributed by atoms with Gasteiger partial charge < -0.3 is 10.2 Å². The van der Waals surface area contributed by atoms with Gasteiger partial charge in [-0.25, -0.2) is 13.6 Å². The van der Waals surface area contributed by atoms with E-state index >= 15 is 0 Å². The molecule has 0 aliphatic heterocycles. The zero-order valence-electron chi connectivity index (χ0n) is 11.6. The van der Waals surface area contributed by atoms with Gasteiger partial charge in [0.05, 0.1) is 5.75 Å². The van der Waals surface area contributed by atoms with E-state index in [2.05, 4.69) is 17.1 Å². The van der Waals surface area contributed by atoms with Crippen molar-refractivity contribution < 1.29 is 8.42 Å². The van der Waals surface area contributed by atoms with E-state index in [0.717, 1.165) is 19.4 Å². The third-order valence-corrected chi connectivity index (χ3v) is 4.48. The lowest BCUT2D eigenvalue weighted by Crippen LogP contribution is -2.42. The maximum Gasteiger partial charge on any atom is 0.210 e. The molecule has 0 saturated heterocycles. The summed E-state index contributed by atoms with van der Waals surface area (Å²) in [7, 11) is -1.34. The molecule has 0 unspecified atom stereocenters. The first-order chi connectivity index (χ1) is 8.42. The van der Waals surface area contributed by atoms with Crippen LogP contribution in [0.2, 0.25) is 0 Å². The van der Waals surface area contributed by atoms with E-state index in [1.807, 2.05) is 7.05 Å². The zero-order chi connectivity index (χ0) is 13.6. The van der Waals surface area contributed by atoms with Crippen LogP contribution in [0.5, 0.6) is 0 Å². The fraction of sp³-hybridized carbons (Fsp3) is 1.00. The standard InChI is InChI=1S/C12H27N3O2S/c1-3-8-14-11-4-6-12(7-5-11)15(2)9-10-18(13,16)17/h11-12,14H,3-10H2,1-2H3,(H2,13,16,17). The minimum absolute atomic E-state index is 0.0531. The molecule has 1 aliphatic carbocycles. The van der Waals surface area contributed by atoms with Crippen molar-refractivity contribution in [1.82, 2.24) is 10.2 Å². The van der Waals surface area contributed by atoms with Crippen molar-refractivity contribution in [1.29, 1.82) is 0 Å². The second kappa shape index (κ2) is 7.43. The topological polar surface area (TPSA) is 75.4 Å². The van der Waals surface area contributed by atoms with Crippen LogP contribution in [0.3, 0.4) is 0 Å². The molecule has 0 bridgehead atoms. The number of nitrogens with two attached hydrogens (primary N) is 1. The first-order valence-electron chi connectivity index (χ1n) is 6.86. The number of hydrogen-bond acceptors (Lipinski definition) is 4. The van der Waals surface area contributed by atoms with Crippen LogP contribution in [0.1, 0.15) is 39.0 Å². The first kappa shape index (κ1) is 15.9. The molecule has 0 aromatic rings. The lowest BCUT2D eigenvalue weighted by atomic mass is 9.90. The van der Waals surface area contributed by atoms with Gasteiger partial charge in [-0.05, 0) is 45.7 Å². The summed E-state index contributed by atoms with van der Waals surface area (Å²) in [6.07, 6.45) is 5.83. The summed E-state index contributed by atoms with van der Waals surface area (Å²) in [6, 6.07) is 1.15. The second-order valence-corrected chi connectivity index (χ2v) is 7.04. The van der Waals surface area contributed by atoms with Crippen LogP contribution in [0, 0.1) is 0 Å². The van der Waals surface area contributed by atoms with Crippen LogP contribution in [0.25, 0.3) is 0 Å². The van der Waals surface area contributed by atoms with Gasteiger partial charge in [-0.2, -0.15) is 0 Å². The summed E-state index contributed by atoms with van der Waals surface area (Å²) < 4.78 is 21.9. The third kappa shape index (κ3) is 6.13. The van der Waals surface area contributed by atoms with Crippen molar-refractivity contribution >= 4 is 10.0 Å². The minimum Gasteiger partial charge on any atom is -0.314 e. The number of sulfonamides is 1. The van der Waals surface area contributed by atoms with Gasteiger partial charge in [0.25, 0.3) is 0 Å². The van der Waals surface area contributed by atoms with Crippen molar-refractivity contribution in [2.24, 2.45) is 5.14 Å². The van der Waals surface area contributed by atoms with Crippen LogP contribution in [0.4, 0.5) is 0 Å². The Kier molecular flexibility index (Phi) is 6.55. The fourth-order valence-corrected chi connectivity index (χ4v) is 3.07. The van der Waals surface area contributed by atoms with Crippen LogP contribution >= 0.6 is 0 Å². The molecule has 6 heteroatoms. The minimum atomic E-state index is -3.33. The molecule has 3 N–H and O–H groups in total. The highest BCUT2D eigenvalue weighted by Gasteiger charge is 2.23. The molecular formula is C12H27N3O2S. The van der Waals surface area contributed by atoms with Crippen LogP contribution in [-0.2, 0) is 10.0 Å². The van der Waals surface area contributed by atoms with E-state index in [4.69, 9.17) is 5.14 Å². The number of hydrogen-bond donors (Lipinski definition) is 2. The molecule has 0 amide bonds. The monoisotopic (exact) mass is 277 g/mol. The lowest BCUT2D eigenvalue weighted by molar-refractivity contribution is 0.182. The number of nitrogens with one attached hydrogen (secondary N) is 1. The molecule has 0 spiro atoms. The molecule has 1 fully saturated rings. The van der Waals surface area contributed by atoms with Gasteiger partial charge >= 0.3 is 0 Å². The average molecular weight is 277 g/mol. The van der Waals surface area contributed by atoms with Gasteiger partial charge in [0.2, 0.25) is 10.0 Å². The molecule has 108 valence electrons. The Morgan fingerprint density at radius 1 is 1.28 bits per heavy atom. The normalized spacial score (nSPS) is 25.6. The van der Waals surface area contributed by atoms with Crippen molar-refractivity contribution in [2.75, 3.05) is 25.9 Å². The van der Waals surface area contributed by atoms with Crippen molar-refractivity contribution in [2.45, 2.75) is 51.1 Å². The van der Waals surface area contributed by atoms with Gasteiger partial charge in [-0.3, -0.25) is 0 Å². The summed E-state index contributed by atoms with van der Waals surface area (Å²) >= 11 is 0. The first-order valence-corrected chi connectivity index (χ1v) is 8.58. The summed E-state index contributed by atoms with van der Waals surface area (Å²) in [5.41, 5.74) is 0. The Hall–Kier alpha value is -0.170. The van der Waals surface area contributed by atoms with Crippen molar-refractivity contribution in [3.63, 3.8) is 0 Å². The summed E-state index contributed by atoms with van der Waals surface area (Å²) in [5.74, 6) is 0.0531. The number of primary sulfonamides is 1. The molecule has 0 heterocycles. The quantitative estimate of drug-likeness (QED) is 0.711. The van der Waals surface area contributed by atoms with Gasteiger partial charge in [-0.1, -0.05) is 6.92 Å². The Morgan fingerprint density at radius 3 is 2.39 bits per heavy atom. The maximum absolute atomic E-state index is 10.9. The molecule has 1 rings (SSSR count). The smallest absolute Gasteiger partial charge is 0.210 e. The van der Waals surface area contributed by atoms with Gasteiger partial charge in [-0.15, -0.1) is 0 Å². The van der Waals surface area contributed by atoms with E-state index in [-0.39, 0.29) is 5.75 Å². The number of nitrogens with zero attached hydrogens (tertiary/aromatic N) is 1. The molecule has 18 heavy (non-hydrogen) atoms. The molecule has 0 aromatic heterocycles. The highest BCUT2D eigenvalue weighted by Crippen LogP contribution is 2.22. The Labute approximate surface area is 111 Å². The average Bonchev–Trinajstić information content (AvgIpc) is 2.33. The summed E-state index contributed by atoms with van der Waals surface area (Å²) in [4.78, 5) is 2.14. The molecule has 1 aliphatic rings. The highest BCUT2D eigenvalue weighted by atomic mass is 32.2. The van der Waals surface area contributed by atoms with Gasteiger partial charge in [0.1, 0.15) is 0 Å². The molecular weight excluding hydrogens is 250 g/mol. The van der Waals surface area contributed by atoms with E-state index in [1.165, 1.54) is 19.3 Å². The van der Waals surface area contributed by atoms with E-state index in [0.29, 0.717) is 18.6 Å². The highest BCUT2D eigenvalue weighted by molar-refractivity contribution is 7.89. The Morgan fingerprint density at radius 2 is 1.89 bits per heavy atom. The van der Waals surface area contributed by atoms with E-state index in [9.17, 15) is 8.42 Å². The maximum atomic E-state index is 10.9. The fourth-order valence-electron chi connectivity index (χ4n) is 2.52. The molecule has 0 aromatic carbocycles. The molecule has 1 saturated carbocycles. The van der Waals surface area contributed by atoms with Gasteiger partial charge in [0.15, 0.2) is 0 Å². The molecule has 0 atom stereocenters. The predicted octanol–water partition coefficient (Wildman–Crippen LogP) is 0.518. The van der Waals surface area contributed by atoms with E-state index in [1.54, 1.807) is 0 Å².